The summed E-state index contributed by atoms with van der Waals surface area (Å²) in [5.74, 6) is 6.84. The van der Waals surface area contributed by atoms with E-state index in [2.05, 4.69) is 25.7 Å². The molecule has 0 aliphatic rings. The Morgan fingerprint density at radius 3 is 2.73 bits per heavy atom. The van der Waals surface area contributed by atoms with Crippen molar-refractivity contribution < 1.29 is 0 Å². The predicted molar refractivity (Wildman–Crippen MR) is 50.1 cm³/mol. The summed E-state index contributed by atoms with van der Waals surface area (Å²) in [4.78, 5) is 0. The van der Waals surface area contributed by atoms with E-state index in [1.807, 2.05) is 0 Å². The summed E-state index contributed by atoms with van der Waals surface area (Å²) >= 11 is 0. The Hall–Kier alpha value is -0.480. The lowest BCUT2D eigenvalue weighted by Gasteiger charge is -1.97. The molecule has 64 valence electrons. The Morgan fingerprint density at radius 2 is 2.18 bits per heavy atom. The Balaban J connectivity index is 3.34. The first kappa shape index (κ1) is 10.5. The molecule has 0 aromatic heterocycles. The van der Waals surface area contributed by atoms with Crippen molar-refractivity contribution in [1.82, 2.24) is 0 Å². The van der Waals surface area contributed by atoms with E-state index in [0.717, 1.165) is 19.4 Å². The molecule has 0 amide bonds. The van der Waals surface area contributed by atoms with Crippen LogP contribution < -0.4 is 5.73 Å². The van der Waals surface area contributed by atoms with Crippen LogP contribution in [0.25, 0.3) is 0 Å². The molecule has 1 heteroatoms. The zero-order valence-electron chi connectivity index (χ0n) is 7.69. The third-order valence-electron chi connectivity index (χ3n) is 1.60. The molecule has 0 aliphatic carbocycles. The SMILES string of the molecule is CCCCC#CC(C)CCN. The first-order valence-electron chi connectivity index (χ1n) is 4.49. The summed E-state index contributed by atoms with van der Waals surface area (Å²) < 4.78 is 0. The van der Waals surface area contributed by atoms with Crippen LogP contribution in [0.2, 0.25) is 0 Å². The third kappa shape index (κ3) is 7.42. The van der Waals surface area contributed by atoms with E-state index in [1.54, 1.807) is 0 Å². The maximum absolute atomic E-state index is 5.39. The van der Waals surface area contributed by atoms with Gasteiger partial charge in [-0.3, -0.25) is 0 Å². The Labute approximate surface area is 70.4 Å². The summed E-state index contributed by atoms with van der Waals surface area (Å²) in [6.07, 6.45) is 4.53. The molecule has 1 unspecified atom stereocenters. The second-order valence-electron chi connectivity index (χ2n) is 2.90. The molecule has 0 rings (SSSR count). The van der Waals surface area contributed by atoms with Crippen LogP contribution in [0, 0.1) is 17.8 Å². The van der Waals surface area contributed by atoms with Gasteiger partial charge in [-0.25, -0.2) is 0 Å². The topological polar surface area (TPSA) is 26.0 Å². The van der Waals surface area contributed by atoms with Crippen LogP contribution in [-0.4, -0.2) is 6.54 Å². The van der Waals surface area contributed by atoms with Gasteiger partial charge < -0.3 is 5.73 Å². The molecular formula is C10H19N. The lowest BCUT2D eigenvalue weighted by atomic mass is 10.1. The molecule has 2 N–H and O–H groups in total. The fourth-order valence-corrected chi connectivity index (χ4v) is 0.834. The Kier molecular flexibility index (Phi) is 7.29. The molecule has 0 aromatic rings. The van der Waals surface area contributed by atoms with Gasteiger partial charge in [0.1, 0.15) is 0 Å². The molecule has 1 nitrogen and oxygen atoms in total. The molecule has 0 heterocycles. The molecule has 0 saturated heterocycles. The smallest absolute Gasteiger partial charge is 0.0186 e. The number of unbranched alkanes of at least 4 members (excludes halogenated alkanes) is 2. The average molecular weight is 153 g/mol. The van der Waals surface area contributed by atoms with Gasteiger partial charge in [0, 0.05) is 12.3 Å². The fourth-order valence-electron chi connectivity index (χ4n) is 0.834. The molecule has 0 spiro atoms. The van der Waals surface area contributed by atoms with Crippen LogP contribution in [0.15, 0.2) is 0 Å². The van der Waals surface area contributed by atoms with Crippen molar-refractivity contribution >= 4 is 0 Å². The Bertz CT molecular complexity index is 130. The molecule has 0 aliphatic heterocycles. The van der Waals surface area contributed by atoms with E-state index in [9.17, 15) is 0 Å². The standard InChI is InChI=1S/C10H19N/c1-3-4-5-6-7-10(2)8-9-11/h10H,3-5,8-9,11H2,1-2H3. The van der Waals surface area contributed by atoms with Gasteiger partial charge in [0.05, 0.1) is 0 Å². The highest BCUT2D eigenvalue weighted by atomic mass is 14.5. The van der Waals surface area contributed by atoms with Gasteiger partial charge in [0.2, 0.25) is 0 Å². The van der Waals surface area contributed by atoms with Crippen LogP contribution >= 0.6 is 0 Å². The molecule has 0 radical (unpaired) electrons. The van der Waals surface area contributed by atoms with Crippen molar-refractivity contribution in [2.45, 2.75) is 39.5 Å². The van der Waals surface area contributed by atoms with Gasteiger partial charge in [0.25, 0.3) is 0 Å². The lowest BCUT2D eigenvalue weighted by molar-refractivity contribution is 0.677. The van der Waals surface area contributed by atoms with Crippen LogP contribution in [-0.2, 0) is 0 Å². The van der Waals surface area contributed by atoms with Gasteiger partial charge in [-0.2, -0.15) is 0 Å². The van der Waals surface area contributed by atoms with E-state index in [0.29, 0.717) is 5.92 Å². The number of hydrogen-bond acceptors (Lipinski definition) is 1. The molecular weight excluding hydrogens is 134 g/mol. The molecule has 0 saturated carbocycles. The summed E-state index contributed by atoms with van der Waals surface area (Å²) in [6.45, 7) is 5.07. The van der Waals surface area contributed by atoms with Crippen LogP contribution in [0.4, 0.5) is 0 Å². The lowest BCUT2D eigenvalue weighted by Crippen LogP contribution is -2.03. The van der Waals surface area contributed by atoms with E-state index in [4.69, 9.17) is 5.73 Å². The quantitative estimate of drug-likeness (QED) is 0.486. The molecule has 0 aromatic carbocycles. The summed E-state index contributed by atoms with van der Waals surface area (Å²) in [5, 5.41) is 0. The molecule has 0 bridgehead atoms. The largest absolute Gasteiger partial charge is 0.330 e. The average Bonchev–Trinajstić information content (AvgIpc) is 1.99. The first-order valence-corrected chi connectivity index (χ1v) is 4.49. The van der Waals surface area contributed by atoms with E-state index in [-0.39, 0.29) is 0 Å². The van der Waals surface area contributed by atoms with Crippen molar-refractivity contribution in [1.29, 1.82) is 0 Å². The minimum absolute atomic E-state index is 0.483. The molecule has 1 atom stereocenters. The number of rotatable bonds is 4. The van der Waals surface area contributed by atoms with E-state index in [1.165, 1.54) is 12.8 Å². The monoisotopic (exact) mass is 153 g/mol. The van der Waals surface area contributed by atoms with Crippen LogP contribution in [0.3, 0.4) is 0 Å². The van der Waals surface area contributed by atoms with Crippen LogP contribution in [0.1, 0.15) is 39.5 Å². The fraction of sp³-hybridized carbons (Fsp3) is 0.800. The van der Waals surface area contributed by atoms with E-state index >= 15 is 0 Å². The van der Waals surface area contributed by atoms with Gasteiger partial charge in [-0.15, -0.1) is 11.8 Å². The van der Waals surface area contributed by atoms with Gasteiger partial charge >= 0.3 is 0 Å². The third-order valence-corrected chi connectivity index (χ3v) is 1.60. The highest BCUT2D eigenvalue weighted by Crippen LogP contribution is 1.98. The second kappa shape index (κ2) is 7.63. The zero-order valence-corrected chi connectivity index (χ0v) is 7.69. The van der Waals surface area contributed by atoms with Gasteiger partial charge in [-0.1, -0.05) is 20.3 Å². The minimum atomic E-state index is 0.483. The second-order valence-corrected chi connectivity index (χ2v) is 2.90. The van der Waals surface area contributed by atoms with Crippen LogP contribution in [0.5, 0.6) is 0 Å². The van der Waals surface area contributed by atoms with Crippen molar-refractivity contribution in [2.75, 3.05) is 6.54 Å². The minimum Gasteiger partial charge on any atom is -0.330 e. The summed E-state index contributed by atoms with van der Waals surface area (Å²) in [6, 6.07) is 0. The number of hydrogen-bond donors (Lipinski definition) is 1. The number of nitrogens with two attached hydrogens (primary N) is 1. The van der Waals surface area contributed by atoms with Crippen molar-refractivity contribution in [3.8, 4) is 11.8 Å². The van der Waals surface area contributed by atoms with Gasteiger partial charge in [-0.05, 0) is 19.4 Å². The predicted octanol–water partition coefficient (Wildman–Crippen LogP) is 2.16. The summed E-state index contributed by atoms with van der Waals surface area (Å²) in [5.41, 5.74) is 5.39. The maximum atomic E-state index is 5.39. The van der Waals surface area contributed by atoms with Gasteiger partial charge in [0.15, 0.2) is 0 Å². The first-order chi connectivity index (χ1) is 5.31. The normalized spacial score (nSPS) is 11.9. The van der Waals surface area contributed by atoms with Crippen molar-refractivity contribution in [3.63, 3.8) is 0 Å². The summed E-state index contributed by atoms with van der Waals surface area (Å²) in [7, 11) is 0. The van der Waals surface area contributed by atoms with Crippen molar-refractivity contribution in [2.24, 2.45) is 11.7 Å². The van der Waals surface area contributed by atoms with E-state index < -0.39 is 0 Å². The van der Waals surface area contributed by atoms with Crippen molar-refractivity contribution in [3.05, 3.63) is 0 Å². The maximum Gasteiger partial charge on any atom is 0.0186 e. The highest BCUT2D eigenvalue weighted by molar-refractivity contribution is 5.02. The highest BCUT2D eigenvalue weighted by Gasteiger charge is 1.91. The molecule has 11 heavy (non-hydrogen) atoms. The molecule has 0 fully saturated rings. The zero-order chi connectivity index (χ0) is 8.53. The Morgan fingerprint density at radius 1 is 1.45 bits per heavy atom.